The Morgan fingerprint density at radius 3 is 3.12 bits per heavy atom. The Labute approximate surface area is 108 Å². The summed E-state index contributed by atoms with van der Waals surface area (Å²) < 4.78 is 0.984. The van der Waals surface area contributed by atoms with Crippen molar-refractivity contribution in [2.45, 2.75) is 6.04 Å². The molecule has 1 N–H and O–H groups in total. The van der Waals surface area contributed by atoms with Gasteiger partial charge in [-0.05, 0) is 22.0 Å². The molecule has 1 unspecified atom stereocenters. The van der Waals surface area contributed by atoms with Crippen molar-refractivity contribution in [2.24, 2.45) is 0 Å². The summed E-state index contributed by atoms with van der Waals surface area (Å²) in [5.41, 5.74) is 1.11. The van der Waals surface area contributed by atoms with Crippen LogP contribution in [-0.4, -0.2) is 48.1 Å². The van der Waals surface area contributed by atoms with Crippen LogP contribution in [-0.2, 0) is 0 Å². The van der Waals surface area contributed by atoms with E-state index in [4.69, 9.17) is 0 Å². The van der Waals surface area contributed by atoms with Crippen LogP contribution >= 0.6 is 15.9 Å². The van der Waals surface area contributed by atoms with Crippen molar-refractivity contribution in [3.8, 4) is 0 Å². The minimum Gasteiger partial charge on any atom is -0.366 e. The number of hydrogen-bond acceptors (Lipinski definition) is 3. The average Bonchev–Trinajstić information content (AvgIpc) is 2.71. The first kappa shape index (κ1) is 10.8. The topological polar surface area (TPSA) is 48.5 Å². The second-order valence-corrected chi connectivity index (χ2v) is 5.26. The van der Waals surface area contributed by atoms with Crippen molar-refractivity contribution >= 4 is 27.6 Å². The molecule has 0 radical (unpaired) electrons. The molecular weight excluding hydrogens is 284 g/mol. The van der Waals surface area contributed by atoms with Gasteiger partial charge in [-0.2, -0.15) is 0 Å². The van der Waals surface area contributed by atoms with Gasteiger partial charge in [0.1, 0.15) is 0 Å². The van der Waals surface area contributed by atoms with E-state index in [1.165, 1.54) is 0 Å². The van der Waals surface area contributed by atoms with E-state index in [1.54, 1.807) is 6.20 Å². The minimum atomic E-state index is 0.0713. The summed E-state index contributed by atoms with van der Waals surface area (Å²) in [6.07, 6.45) is 3.64. The minimum absolute atomic E-state index is 0.0713. The first-order chi connectivity index (χ1) is 8.24. The molecule has 3 rings (SSSR count). The smallest absolute Gasteiger partial charge is 0.317 e. The molecule has 3 heterocycles. The second kappa shape index (κ2) is 4.18. The molecule has 6 heteroatoms. The molecule has 0 bridgehead atoms. The lowest BCUT2D eigenvalue weighted by Crippen LogP contribution is -2.52. The monoisotopic (exact) mass is 296 g/mol. The zero-order valence-corrected chi connectivity index (χ0v) is 10.9. The quantitative estimate of drug-likeness (QED) is 0.843. The Morgan fingerprint density at radius 2 is 2.29 bits per heavy atom. The molecule has 0 spiro atoms. The SMILES string of the molecule is O=C1NCC2CN(c3cncc(Br)c3)CCN12. The number of nitrogens with zero attached hydrogens (tertiary/aromatic N) is 3. The molecule has 2 aliphatic rings. The zero-order valence-electron chi connectivity index (χ0n) is 9.27. The highest BCUT2D eigenvalue weighted by molar-refractivity contribution is 9.10. The van der Waals surface area contributed by atoms with E-state index in [0.717, 1.165) is 36.3 Å². The lowest BCUT2D eigenvalue weighted by Gasteiger charge is -2.37. The molecule has 2 amide bonds. The number of halogens is 1. The molecule has 2 aliphatic heterocycles. The van der Waals surface area contributed by atoms with Crippen molar-refractivity contribution in [2.75, 3.05) is 31.1 Å². The van der Waals surface area contributed by atoms with Crippen molar-refractivity contribution in [1.29, 1.82) is 0 Å². The van der Waals surface area contributed by atoms with E-state index in [9.17, 15) is 4.79 Å². The van der Waals surface area contributed by atoms with Crippen LogP contribution in [0, 0.1) is 0 Å². The number of urea groups is 1. The van der Waals surface area contributed by atoms with Gasteiger partial charge in [-0.25, -0.2) is 4.79 Å². The van der Waals surface area contributed by atoms with Crippen LogP contribution in [0.2, 0.25) is 0 Å². The van der Waals surface area contributed by atoms with Crippen molar-refractivity contribution in [1.82, 2.24) is 15.2 Å². The van der Waals surface area contributed by atoms with E-state index >= 15 is 0 Å². The van der Waals surface area contributed by atoms with Gasteiger partial charge < -0.3 is 15.1 Å². The van der Waals surface area contributed by atoms with Crippen LogP contribution in [0.5, 0.6) is 0 Å². The molecule has 17 heavy (non-hydrogen) atoms. The van der Waals surface area contributed by atoms with E-state index in [2.05, 4.69) is 37.2 Å². The highest BCUT2D eigenvalue weighted by Crippen LogP contribution is 2.22. The Balaban J connectivity index is 1.77. The number of fused-ring (bicyclic) bond motifs is 1. The third-order valence-electron chi connectivity index (χ3n) is 3.29. The third kappa shape index (κ3) is 1.97. The van der Waals surface area contributed by atoms with Gasteiger partial charge in [0.25, 0.3) is 0 Å². The van der Waals surface area contributed by atoms with Gasteiger partial charge in [0.15, 0.2) is 0 Å². The number of anilines is 1. The molecule has 2 fully saturated rings. The molecule has 90 valence electrons. The van der Waals surface area contributed by atoms with Crippen LogP contribution < -0.4 is 10.2 Å². The maximum absolute atomic E-state index is 11.5. The number of aromatic nitrogens is 1. The van der Waals surface area contributed by atoms with Gasteiger partial charge in [-0.1, -0.05) is 0 Å². The summed E-state index contributed by atoms with van der Waals surface area (Å²) in [6.45, 7) is 3.26. The zero-order chi connectivity index (χ0) is 11.8. The Bertz CT molecular complexity index is 453. The molecule has 5 nitrogen and oxygen atoms in total. The van der Waals surface area contributed by atoms with E-state index in [-0.39, 0.29) is 12.1 Å². The number of hydrogen-bond donors (Lipinski definition) is 1. The number of rotatable bonds is 1. The van der Waals surface area contributed by atoms with Crippen molar-refractivity contribution in [3.63, 3.8) is 0 Å². The third-order valence-corrected chi connectivity index (χ3v) is 3.72. The fraction of sp³-hybridized carbons (Fsp3) is 0.455. The fourth-order valence-corrected chi connectivity index (χ4v) is 2.76. The van der Waals surface area contributed by atoms with E-state index in [0.29, 0.717) is 0 Å². The van der Waals surface area contributed by atoms with Crippen LogP contribution in [0.3, 0.4) is 0 Å². The Hall–Kier alpha value is -1.30. The number of amides is 2. The van der Waals surface area contributed by atoms with Crippen molar-refractivity contribution < 1.29 is 4.79 Å². The van der Waals surface area contributed by atoms with E-state index < -0.39 is 0 Å². The van der Waals surface area contributed by atoms with Crippen molar-refractivity contribution in [3.05, 3.63) is 22.9 Å². The maximum Gasteiger partial charge on any atom is 0.317 e. The molecule has 0 aromatic carbocycles. The predicted octanol–water partition coefficient (Wildman–Crippen LogP) is 1.06. The van der Waals surface area contributed by atoms with Crippen LogP contribution in [0.25, 0.3) is 0 Å². The van der Waals surface area contributed by atoms with Gasteiger partial charge >= 0.3 is 6.03 Å². The molecular formula is C11H13BrN4O. The first-order valence-corrected chi connectivity index (χ1v) is 6.43. The molecule has 0 saturated carbocycles. The molecule has 0 aliphatic carbocycles. The standard InChI is InChI=1S/C11H13BrN4O/c12-8-3-9(5-13-4-8)15-1-2-16-10(7-15)6-14-11(16)17/h3-5,10H,1-2,6-7H2,(H,14,17). The van der Waals surface area contributed by atoms with Gasteiger partial charge in [0, 0.05) is 36.8 Å². The summed E-state index contributed by atoms with van der Waals surface area (Å²) in [4.78, 5) is 19.9. The normalized spacial score (nSPS) is 23.6. The number of carbonyl (C=O) groups excluding carboxylic acids is 1. The summed E-state index contributed by atoms with van der Waals surface area (Å²) in [5, 5.41) is 2.88. The van der Waals surface area contributed by atoms with E-state index in [1.807, 2.05) is 11.1 Å². The van der Waals surface area contributed by atoms with Gasteiger partial charge in [-0.15, -0.1) is 0 Å². The second-order valence-electron chi connectivity index (χ2n) is 4.34. The number of piperazine rings is 1. The van der Waals surface area contributed by atoms with Crippen LogP contribution in [0.15, 0.2) is 22.9 Å². The number of nitrogens with one attached hydrogen (secondary N) is 1. The Morgan fingerprint density at radius 1 is 1.41 bits per heavy atom. The number of carbonyl (C=O) groups is 1. The number of pyridine rings is 1. The summed E-state index contributed by atoms with van der Waals surface area (Å²) in [6, 6.07) is 2.42. The predicted molar refractivity (Wildman–Crippen MR) is 68.0 cm³/mol. The highest BCUT2D eigenvalue weighted by Gasteiger charge is 2.35. The lowest BCUT2D eigenvalue weighted by atomic mass is 10.2. The lowest BCUT2D eigenvalue weighted by molar-refractivity contribution is 0.197. The summed E-state index contributed by atoms with van der Waals surface area (Å²) in [7, 11) is 0. The summed E-state index contributed by atoms with van der Waals surface area (Å²) >= 11 is 3.43. The van der Waals surface area contributed by atoms with Gasteiger partial charge in [0.05, 0.1) is 17.9 Å². The highest BCUT2D eigenvalue weighted by atomic mass is 79.9. The molecule has 1 atom stereocenters. The molecule has 1 aromatic heterocycles. The van der Waals surface area contributed by atoms with Crippen LogP contribution in [0.4, 0.5) is 10.5 Å². The van der Waals surface area contributed by atoms with Gasteiger partial charge in [0.2, 0.25) is 0 Å². The van der Waals surface area contributed by atoms with Crippen LogP contribution in [0.1, 0.15) is 0 Å². The molecule has 1 aromatic rings. The molecule has 2 saturated heterocycles. The average molecular weight is 297 g/mol. The van der Waals surface area contributed by atoms with Gasteiger partial charge in [-0.3, -0.25) is 4.98 Å². The Kier molecular flexibility index (Phi) is 2.66. The summed E-state index contributed by atoms with van der Waals surface area (Å²) in [5.74, 6) is 0. The fourth-order valence-electron chi connectivity index (χ4n) is 2.41. The maximum atomic E-state index is 11.5. The first-order valence-electron chi connectivity index (χ1n) is 5.64. The largest absolute Gasteiger partial charge is 0.366 e.